The van der Waals surface area contributed by atoms with Gasteiger partial charge in [0.1, 0.15) is 11.8 Å². The third kappa shape index (κ3) is 5.36. The van der Waals surface area contributed by atoms with Crippen molar-refractivity contribution >= 4 is 17.5 Å². The summed E-state index contributed by atoms with van der Waals surface area (Å²) in [6.07, 6.45) is 2.19. The summed E-state index contributed by atoms with van der Waals surface area (Å²) in [5.41, 5.74) is 3.02. The fourth-order valence-electron chi connectivity index (χ4n) is 3.48. The molecule has 0 saturated heterocycles. The molecule has 160 valence electrons. The second kappa shape index (κ2) is 9.71. The topological polar surface area (TPSA) is 78.2 Å². The standard InChI is InChI=1S/C23H30N4O3/c1-5-26(14-22(28)24-16(2)3)15-23(29)27-20(21-7-6-12-30-21)13-19(25-27)18-10-8-17(4)9-11-18/h6-12,16,20H,5,13-15H2,1-4H3,(H,24,28)/t20-/m1/s1. The molecule has 30 heavy (non-hydrogen) atoms. The van der Waals surface area contributed by atoms with E-state index in [2.05, 4.69) is 10.4 Å². The predicted octanol–water partition coefficient (Wildman–Crippen LogP) is 3.11. The van der Waals surface area contributed by atoms with Gasteiger partial charge in [-0.05, 0) is 45.0 Å². The van der Waals surface area contributed by atoms with Crippen LogP contribution in [0.15, 0.2) is 52.2 Å². The molecule has 0 unspecified atom stereocenters. The van der Waals surface area contributed by atoms with Gasteiger partial charge >= 0.3 is 0 Å². The van der Waals surface area contributed by atoms with Crippen molar-refractivity contribution in [2.45, 2.75) is 46.2 Å². The number of aryl methyl sites for hydroxylation is 1. The first-order valence-corrected chi connectivity index (χ1v) is 10.4. The highest BCUT2D eigenvalue weighted by atomic mass is 16.3. The van der Waals surface area contributed by atoms with Gasteiger partial charge in [-0.2, -0.15) is 5.10 Å². The van der Waals surface area contributed by atoms with Gasteiger partial charge in [0.25, 0.3) is 5.91 Å². The van der Waals surface area contributed by atoms with E-state index in [1.54, 1.807) is 6.26 Å². The van der Waals surface area contributed by atoms with E-state index in [9.17, 15) is 9.59 Å². The molecular formula is C23H30N4O3. The smallest absolute Gasteiger partial charge is 0.257 e. The van der Waals surface area contributed by atoms with Gasteiger partial charge in [0, 0.05) is 12.5 Å². The summed E-state index contributed by atoms with van der Waals surface area (Å²) in [6.45, 7) is 8.68. The summed E-state index contributed by atoms with van der Waals surface area (Å²) in [5.74, 6) is 0.458. The molecule has 7 heteroatoms. The van der Waals surface area contributed by atoms with E-state index >= 15 is 0 Å². The number of benzene rings is 1. The molecule has 0 radical (unpaired) electrons. The van der Waals surface area contributed by atoms with Crippen LogP contribution in [0.25, 0.3) is 0 Å². The van der Waals surface area contributed by atoms with Crippen molar-refractivity contribution in [3.05, 3.63) is 59.5 Å². The highest BCUT2D eigenvalue weighted by Crippen LogP contribution is 2.33. The van der Waals surface area contributed by atoms with Crippen LogP contribution in [-0.2, 0) is 9.59 Å². The lowest BCUT2D eigenvalue weighted by Crippen LogP contribution is -2.44. The SMILES string of the molecule is CCN(CC(=O)NC(C)C)CC(=O)N1N=C(c2ccc(C)cc2)C[C@@H]1c1ccco1. The predicted molar refractivity (Wildman–Crippen MR) is 116 cm³/mol. The normalized spacial score (nSPS) is 16.3. The summed E-state index contributed by atoms with van der Waals surface area (Å²) in [6, 6.07) is 11.6. The van der Waals surface area contributed by atoms with Crippen LogP contribution in [0.5, 0.6) is 0 Å². The minimum absolute atomic E-state index is 0.0653. The van der Waals surface area contributed by atoms with Crippen LogP contribution < -0.4 is 5.32 Å². The lowest BCUT2D eigenvalue weighted by atomic mass is 10.0. The van der Waals surface area contributed by atoms with Crippen LogP contribution in [-0.4, -0.2) is 53.1 Å². The maximum absolute atomic E-state index is 13.2. The molecule has 0 bridgehead atoms. The van der Waals surface area contributed by atoms with Crippen LogP contribution in [0, 0.1) is 6.92 Å². The number of furan rings is 1. The summed E-state index contributed by atoms with van der Waals surface area (Å²) < 4.78 is 5.60. The van der Waals surface area contributed by atoms with Gasteiger partial charge < -0.3 is 9.73 Å². The number of hydrogen-bond acceptors (Lipinski definition) is 5. The monoisotopic (exact) mass is 410 g/mol. The van der Waals surface area contributed by atoms with Gasteiger partial charge in [0.15, 0.2) is 0 Å². The average Bonchev–Trinajstić information content (AvgIpc) is 3.37. The molecule has 0 fully saturated rings. The molecule has 7 nitrogen and oxygen atoms in total. The molecular weight excluding hydrogens is 380 g/mol. The molecule has 1 atom stereocenters. The lowest BCUT2D eigenvalue weighted by molar-refractivity contribution is -0.135. The number of amides is 2. The van der Waals surface area contributed by atoms with Crippen molar-refractivity contribution in [3.63, 3.8) is 0 Å². The maximum Gasteiger partial charge on any atom is 0.257 e. The Morgan fingerprint density at radius 2 is 1.97 bits per heavy atom. The van der Waals surface area contributed by atoms with E-state index in [0.29, 0.717) is 18.7 Å². The Labute approximate surface area is 177 Å². The molecule has 2 heterocycles. The second-order valence-corrected chi connectivity index (χ2v) is 7.91. The van der Waals surface area contributed by atoms with Crippen molar-refractivity contribution in [2.24, 2.45) is 5.10 Å². The van der Waals surface area contributed by atoms with E-state index in [1.807, 2.05) is 69.0 Å². The van der Waals surface area contributed by atoms with Crippen molar-refractivity contribution in [2.75, 3.05) is 19.6 Å². The zero-order valence-electron chi connectivity index (χ0n) is 18.1. The largest absolute Gasteiger partial charge is 0.467 e. The van der Waals surface area contributed by atoms with E-state index in [4.69, 9.17) is 4.42 Å². The van der Waals surface area contributed by atoms with E-state index in [0.717, 1.165) is 11.3 Å². The number of hydrogen-bond donors (Lipinski definition) is 1. The van der Waals surface area contributed by atoms with Crippen molar-refractivity contribution in [1.29, 1.82) is 0 Å². The number of likely N-dealkylation sites (N-methyl/N-ethyl adjacent to an activating group) is 1. The van der Waals surface area contributed by atoms with Gasteiger partial charge in [-0.25, -0.2) is 5.01 Å². The minimum atomic E-state index is -0.285. The van der Waals surface area contributed by atoms with Crippen LogP contribution in [0.1, 0.15) is 50.1 Å². The summed E-state index contributed by atoms with van der Waals surface area (Å²) >= 11 is 0. The van der Waals surface area contributed by atoms with Crippen LogP contribution in [0.3, 0.4) is 0 Å². The third-order valence-electron chi connectivity index (χ3n) is 5.05. The Hall–Kier alpha value is -2.93. The van der Waals surface area contributed by atoms with Gasteiger partial charge in [-0.1, -0.05) is 36.8 Å². The maximum atomic E-state index is 13.2. The van der Waals surface area contributed by atoms with Crippen molar-refractivity contribution in [3.8, 4) is 0 Å². The van der Waals surface area contributed by atoms with Gasteiger partial charge in [0.2, 0.25) is 5.91 Å². The number of nitrogens with zero attached hydrogens (tertiary/aromatic N) is 3. The first kappa shape index (κ1) is 21.8. The van der Waals surface area contributed by atoms with Gasteiger partial charge in [-0.15, -0.1) is 0 Å². The molecule has 0 saturated carbocycles. The molecule has 1 aliphatic rings. The number of hydrazone groups is 1. The van der Waals surface area contributed by atoms with Crippen LogP contribution in [0.2, 0.25) is 0 Å². The Morgan fingerprint density at radius 1 is 1.23 bits per heavy atom. The third-order valence-corrected chi connectivity index (χ3v) is 5.05. The Balaban J connectivity index is 1.77. The zero-order chi connectivity index (χ0) is 21.7. The molecule has 1 aliphatic heterocycles. The molecule has 2 amide bonds. The number of carbonyl (C=O) groups is 2. The lowest BCUT2D eigenvalue weighted by Gasteiger charge is -2.25. The highest BCUT2D eigenvalue weighted by Gasteiger charge is 2.35. The molecule has 0 aliphatic carbocycles. The van der Waals surface area contributed by atoms with E-state index < -0.39 is 0 Å². The molecule has 0 spiro atoms. The quantitative estimate of drug-likeness (QED) is 0.725. The summed E-state index contributed by atoms with van der Waals surface area (Å²) in [4.78, 5) is 27.1. The van der Waals surface area contributed by atoms with Crippen molar-refractivity contribution < 1.29 is 14.0 Å². The van der Waals surface area contributed by atoms with Crippen LogP contribution >= 0.6 is 0 Å². The first-order valence-electron chi connectivity index (χ1n) is 10.4. The average molecular weight is 411 g/mol. The Morgan fingerprint density at radius 3 is 2.57 bits per heavy atom. The summed E-state index contributed by atoms with van der Waals surface area (Å²) in [5, 5.41) is 9.03. The van der Waals surface area contributed by atoms with Crippen molar-refractivity contribution in [1.82, 2.24) is 15.2 Å². The molecule has 3 rings (SSSR count). The molecule has 1 N–H and O–H groups in total. The molecule has 1 aromatic carbocycles. The van der Waals surface area contributed by atoms with Gasteiger partial charge in [-0.3, -0.25) is 14.5 Å². The van der Waals surface area contributed by atoms with Crippen LogP contribution in [0.4, 0.5) is 0 Å². The number of rotatable bonds is 8. The zero-order valence-corrected chi connectivity index (χ0v) is 18.1. The molecule has 2 aromatic rings. The van der Waals surface area contributed by atoms with E-state index in [1.165, 1.54) is 10.6 Å². The van der Waals surface area contributed by atoms with E-state index in [-0.39, 0.29) is 37.0 Å². The number of carbonyl (C=O) groups excluding carboxylic acids is 2. The van der Waals surface area contributed by atoms with Gasteiger partial charge in [0.05, 0.1) is 25.1 Å². The fourth-order valence-corrected chi connectivity index (χ4v) is 3.48. The minimum Gasteiger partial charge on any atom is -0.467 e. The first-order chi connectivity index (χ1) is 14.4. The molecule has 1 aromatic heterocycles. The fraction of sp³-hybridized carbons (Fsp3) is 0.435. The highest BCUT2D eigenvalue weighted by molar-refractivity contribution is 6.03. The number of nitrogens with one attached hydrogen (secondary N) is 1. The Kier molecular flexibility index (Phi) is 7.05. The summed E-state index contributed by atoms with van der Waals surface area (Å²) in [7, 11) is 0. The second-order valence-electron chi connectivity index (χ2n) is 7.91. The Bertz CT molecular complexity index is 888.